The lowest BCUT2D eigenvalue weighted by Gasteiger charge is -2.33. The third-order valence-electron chi connectivity index (χ3n) is 7.26. The maximum absolute atomic E-state index is 13.6. The Balaban J connectivity index is 1.38. The number of pyridine rings is 1. The number of amides is 1. The number of carbonyl (C=O) groups excluding carboxylic acids is 1. The summed E-state index contributed by atoms with van der Waals surface area (Å²) in [5, 5.41) is 0. The lowest BCUT2D eigenvalue weighted by molar-refractivity contribution is -0.133. The molecule has 1 atom stereocenters. The number of hydrogen-bond acceptors (Lipinski definition) is 3. The van der Waals surface area contributed by atoms with Gasteiger partial charge >= 0.3 is 5.69 Å². The smallest absolute Gasteiger partial charge is 0.330 e. The molecule has 5 rings (SSSR count). The van der Waals surface area contributed by atoms with E-state index in [0.717, 1.165) is 48.5 Å². The minimum Gasteiger partial charge on any atom is -0.341 e. The molecule has 0 bridgehead atoms. The normalized spacial score (nSPS) is 19.6. The van der Waals surface area contributed by atoms with Gasteiger partial charge < -0.3 is 4.90 Å². The third kappa shape index (κ3) is 4.23. The minimum atomic E-state index is -0.0344. The first-order valence-electron chi connectivity index (χ1n) is 12.1. The van der Waals surface area contributed by atoms with Crippen LogP contribution in [0.5, 0.6) is 0 Å². The molecule has 1 saturated heterocycles. The molecular weight excluding hydrogens is 400 g/mol. The number of carbonyl (C=O) groups is 1. The first-order valence-corrected chi connectivity index (χ1v) is 12.1. The Morgan fingerprint density at radius 3 is 2.62 bits per heavy atom. The van der Waals surface area contributed by atoms with Crippen LogP contribution in [0.4, 0.5) is 0 Å². The Labute approximate surface area is 188 Å². The van der Waals surface area contributed by atoms with Crippen molar-refractivity contribution < 1.29 is 4.79 Å². The van der Waals surface area contributed by atoms with Gasteiger partial charge in [-0.05, 0) is 42.9 Å². The van der Waals surface area contributed by atoms with Crippen LogP contribution in [-0.2, 0) is 11.3 Å². The zero-order valence-corrected chi connectivity index (χ0v) is 18.7. The van der Waals surface area contributed by atoms with Crippen molar-refractivity contribution in [3.8, 4) is 0 Å². The molecule has 168 valence electrons. The molecule has 0 spiro atoms. The maximum atomic E-state index is 13.6. The van der Waals surface area contributed by atoms with Crippen molar-refractivity contribution in [2.75, 3.05) is 13.1 Å². The van der Waals surface area contributed by atoms with Crippen LogP contribution < -0.4 is 5.69 Å². The van der Waals surface area contributed by atoms with Gasteiger partial charge in [0.25, 0.3) is 0 Å². The lowest BCUT2D eigenvalue weighted by atomic mass is 10.00. The Morgan fingerprint density at radius 2 is 1.81 bits per heavy atom. The number of imidazole rings is 1. The highest BCUT2D eigenvalue weighted by Gasteiger charge is 2.29. The van der Waals surface area contributed by atoms with Crippen LogP contribution in [-0.4, -0.2) is 38.0 Å². The summed E-state index contributed by atoms with van der Waals surface area (Å²) in [6, 6.07) is 13.9. The van der Waals surface area contributed by atoms with E-state index >= 15 is 0 Å². The highest BCUT2D eigenvalue weighted by atomic mass is 16.2. The fourth-order valence-corrected chi connectivity index (χ4v) is 5.53. The van der Waals surface area contributed by atoms with Crippen LogP contribution in [0, 0.1) is 5.92 Å². The Morgan fingerprint density at radius 1 is 1.00 bits per heavy atom. The predicted octanol–water partition coefficient (Wildman–Crippen LogP) is 4.38. The van der Waals surface area contributed by atoms with Crippen LogP contribution in [0.15, 0.2) is 53.5 Å². The number of piperidine rings is 1. The van der Waals surface area contributed by atoms with E-state index in [-0.39, 0.29) is 17.6 Å². The first kappa shape index (κ1) is 21.0. The summed E-state index contributed by atoms with van der Waals surface area (Å²) in [6.07, 6.45) is 10.4. The third-order valence-corrected chi connectivity index (χ3v) is 7.26. The molecule has 3 aromatic rings. The maximum Gasteiger partial charge on any atom is 0.330 e. The van der Waals surface area contributed by atoms with Gasteiger partial charge in [0.1, 0.15) is 0 Å². The standard InChI is InChI=1S/C26H32N4O2/c31-24(15-14-20-8-4-5-9-20)28-17-7-12-22(19-28)30-25-23(13-6-16-27-25)29(26(30)32)18-21-10-2-1-3-11-21/h1-3,6,10-11,13,16,20,22H,4-5,7-9,12,14-15,17-19H2/t22-/m0/s1. The highest BCUT2D eigenvalue weighted by Crippen LogP contribution is 2.30. The second-order valence-electron chi connectivity index (χ2n) is 9.40. The van der Waals surface area contributed by atoms with E-state index in [9.17, 15) is 9.59 Å². The van der Waals surface area contributed by atoms with Gasteiger partial charge in [-0.1, -0.05) is 56.0 Å². The number of likely N-dealkylation sites (tertiary alicyclic amines) is 1. The molecule has 1 aliphatic carbocycles. The molecule has 2 fully saturated rings. The molecule has 0 unspecified atom stereocenters. The van der Waals surface area contributed by atoms with Crippen LogP contribution in [0.1, 0.15) is 63.0 Å². The largest absolute Gasteiger partial charge is 0.341 e. The Kier molecular flexibility index (Phi) is 6.10. The number of benzene rings is 1. The number of rotatable bonds is 6. The predicted molar refractivity (Wildman–Crippen MR) is 126 cm³/mol. The van der Waals surface area contributed by atoms with Crippen LogP contribution in [0.3, 0.4) is 0 Å². The van der Waals surface area contributed by atoms with Crippen molar-refractivity contribution in [2.24, 2.45) is 5.92 Å². The van der Waals surface area contributed by atoms with Crippen molar-refractivity contribution in [1.29, 1.82) is 0 Å². The molecular formula is C26H32N4O2. The zero-order valence-electron chi connectivity index (χ0n) is 18.7. The molecule has 32 heavy (non-hydrogen) atoms. The quantitative estimate of drug-likeness (QED) is 0.581. The topological polar surface area (TPSA) is 60.1 Å². The van der Waals surface area contributed by atoms with Gasteiger partial charge in [-0.2, -0.15) is 0 Å². The van der Waals surface area contributed by atoms with Crippen LogP contribution in [0.25, 0.3) is 11.2 Å². The molecule has 0 N–H and O–H groups in total. The van der Waals surface area contributed by atoms with E-state index in [2.05, 4.69) is 4.98 Å². The van der Waals surface area contributed by atoms with Crippen LogP contribution >= 0.6 is 0 Å². The molecule has 0 radical (unpaired) electrons. The summed E-state index contributed by atoms with van der Waals surface area (Å²) in [4.78, 5) is 33.1. The summed E-state index contributed by atoms with van der Waals surface area (Å²) in [5.74, 6) is 0.970. The monoisotopic (exact) mass is 432 g/mol. The van der Waals surface area contributed by atoms with Crippen molar-refractivity contribution in [2.45, 2.75) is 64.0 Å². The molecule has 3 heterocycles. The molecule has 6 nitrogen and oxygen atoms in total. The van der Waals surface area contributed by atoms with Gasteiger partial charge in [-0.15, -0.1) is 0 Å². The molecule has 2 aliphatic rings. The fourth-order valence-electron chi connectivity index (χ4n) is 5.53. The average Bonchev–Trinajstić information content (AvgIpc) is 3.45. The lowest BCUT2D eigenvalue weighted by Crippen LogP contribution is -2.43. The summed E-state index contributed by atoms with van der Waals surface area (Å²) in [7, 11) is 0. The number of hydrogen-bond donors (Lipinski definition) is 0. The Bertz CT molecular complexity index is 1130. The van der Waals surface area contributed by atoms with E-state index in [1.54, 1.807) is 6.20 Å². The van der Waals surface area contributed by atoms with Gasteiger partial charge in [-0.3, -0.25) is 13.9 Å². The van der Waals surface area contributed by atoms with Gasteiger partial charge in [0, 0.05) is 25.7 Å². The molecule has 2 aromatic heterocycles. The summed E-state index contributed by atoms with van der Waals surface area (Å²) < 4.78 is 3.66. The molecule has 1 aromatic carbocycles. The summed E-state index contributed by atoms with van der Waals surface area (Å²) >= 11 is 0. The van der Waals surface area contributed by atoms with E-state index in [0.29, 0.717) is 19.5 Å². The second-order valence-corrected chi connectivity index (χ2v) is 9.40. The number of nitrogens with zero attached hydrogens (tertiary/aromatic N) is 4. The molecule has 1 aliphatic heterocycles. The molecule has 1 saturated carbocycles. The van der Waals surface area contributed by atoms with Crippen molar-refractivity contribution in [1.82, 2.24) is 19.0 Å². The fraction of sp³-hybridized carbons (Fsp3) is 0.500. The van der Waals surface area contributed by atoms with E-state index in [4.69, 9.17) is 0 Å². The Hall–Kier alpha value is -2.89. The van der Waals surface area contributed by atoms with Gasteiger partial charge in [0.05, 0.1) is 18.1 Å². The second kappa shape index (κ2) is 9.31. The molecule has 1 amide bonds. The van der Waals surface area contributed by atoms with Crippen molar-refractivity contribution >= 4 is 17.1 Å². The average molecular weight is 433 g/mol. The SMILES string of the molecule is O=C(CCC1CCCC1)N1CCC[C@H](n2c(=O)n(Cc3ccccc3)c3cccnc32)C1. The summed E-state index contributed by atoms with van der Waals surface area (Å²) in [5.41, 5.74) is 2.63. The van der Waals surface area contributed by atoms with E-state index in [1.807, 2.05) is 56.5 Å². The molecule has 6 heteroatoms. The minimum absolute atomic E-state index is 0.0268. The van der Waals surface area contributed by atoms with Gasteiger partial charge in [-0.25, -0.2) is 9.78 Å². The van der Waals surface area contributed by atoms with Gasteiger partial charge in [0.15, 0.2) is 5.65 Å². The van der Waals surface area contributed by atoms with Crippen molar-refractivity contribution in [3.05, 3.63) is 64.7 Å². The summed E-state index contributed by atoms with van der Waals surface area (Å²) in [6.45, 7) is 1.92. The first-order chi connectivity index (χ1) is 15.7. The van der Waals surface area contributed by atoms with E-state index in [1.165, 1.54) is 25.7 Å². The number of fused-ring (bicyclic) bond motifs is 1. The number of aromatic nitrogens is 3. The van der Waals surface area contributed by atoms with Gasteiger partial charge in [0.2, 0.25) is 5.91 Å². The van der Waals surface area contributed by atoms with Crippen molar-refractivity contribution in [3.63, 3.8) is 0 Å². The van der Waals surface area contributed by atoms with Crippen LogP contribution in [0.2, 0.25) is 0 Å². The van der Waals surface area contributed by atoms with E-state index < -0.39 is 0 Å². The highest BCUT2D eigenvalue weighted by molar-refractivity contribution is 5.76. The zero-order chi connectivity index (χ0) is 21.9.